The summed E-state index contributed by atoms with van der Waals surface area (Å²) in [5.41, 5.74) is 9.64. The SMILES string of the molecule is c1ccc(-c2ccc(-c3nc(-c4ccccc4)nc(-c4cccc(-c5ccccc5)c4-c4ccc5ccccc5c4)n3)cc2)cc1. The van der Waals surface area contributed by atoms with Gasteiger partial charge >= 0.3 is 0 Å². The summed E-state index contributed by atoms with van der Waals surface area (Å²) < 4.78 is 0. The molecule has 3 nitrogen and oxygen atoms in total. The zero-order chi connectivity index (χ0) is 30.7. The van der Waals surface area contributed by atoms with Crippen molar-refractivity contribution in [3.05, 3.63) is 176 Å². The first kappa shape index (κ1) is 27.4. The van der Waals surface area contributed by atoms with Crippen LogP contribution >= 0.6 is 0 Å². The van der Waals surface area contributed by atoms with Crippen molar-refractivity contribution < 1.29 is 0 Å². The highest BCUT2D eigenvalue weighted by Crippen LogP contribution is 2.40. The normalized spacial score (nSPS) is 11.0. The standard InChI is InChI=1S/C43H29N3/c1-4-13-30(14-5-1)32-23-26-35(27-24-32)42-44-41(34-18-8-3-9-19-34)45-43(46-42)39-22-12-21-38(33-16-6-2-7-17-33)40(39)37-28-25-31-15-10-11-20-36(31)29-37/h1-29H. The summed E-state index contributed by atoms with van der Waals surface area (Å²) in [4.78, 5) is 15.3. The summed E-state index contributed by atoms with van der Waals surface area (Å²) >= 11 is 0. The Morgan fingerprint density at radius 1 is 0.261 bits per heavy atom. The molecule has 0 aliphatic carbocycles. The third-order valence-corrected chi connectivity index (χ3v) is 8.35. The van der Waals surface area contributed by atoms with Gasteiger partial charge in [0.2, 0.25) is 0 Å². The van der Waals surface area contributed by atoms with E-state index in [0.717, 1.165) is 44.5 Å². The molecule has 0 aliphatic heterocycles. The molecule has 8 aromatic rings. The van der Waals surface area contributed by atoms with Gasteiger partial charge < -0.3 is 0 Å². The molecular formula is C43H29N3. The highest BCUT2D eigenvalue weighted by Gasteiger charge is 2.19. The topological polar surface area (TPSA) is 38.7 Å². The molecule has 3 heteroatoms. The van der Waals surface area contributed by atoms with Crippen LogP contribution in [0.5, 0.6) is 0 Å². The van der Waals surface area contributed by atoms with E-state index in [0.29, 0.717) is 17.5 Å². The lowest BCUT2D eigenvalue weighted by atomic mass is 9.89. The third kappa shape index (κ3) is 5.36. The lowest BCUT2D eigenvalue weighted by molar-refractivity contribution is 1.07. The van der Waals surface area contributed by atoms with E-state index >= 15 is 0 Å². The summed E-state index contributed by atoms with van der Waals surface area (Å²) in [6.07, 6.45) is 0. The van der Waals surface area contributed by atoms with Crippen molar-refractivity contribution in [1.29, 1.82) is 0 Å². The molecule has 0 unspecified atom stereocenters. The minimum Gasteiger partial charge on any atom is -0.208 e. The summed E-state index contributed by atoms with van der Waals surface area (Å²) in [5, 5.41) is 2.39. The van der Waals surface area contributed by atoms with Crippen molar-refractivity contribution in [2.24, 2.45) is 0 Å². The van der Waals surface area contributed by atoms with Gasteiger partial charge in [0, 0.05) is 22.3 Å². The average Bonchev–Trinajstić information content (AvgIpc) is 3.15. The second kappa shape index (κ2) is 12.1. The monoisotopic (exact) mass is 587 g/mol. The van der Waals surface area contributed by atoms with Gasteiger partial charge in [-0.2, -0.15) is 0 Å². The summed E-state index contributed by atoms with van der Waals surface area (Å²) in [6, 6.07) is 61.1. The quantitative estimate of drug-likeness (QED) is 0.194. The van der Waals surface area contributed by atoms with Gasteiger partial charge in [0.25, 0.3) is 0 Å². The van der Waals surface area contributed by atoms with E-state index < -0.39 is 0 Å². The maximum atomic E-state index is 5.16. The van der Waals surface area contributed by atoms with Crippen LogP contribution in [0.2, 0.25) is 0 Å². The first-order valence-electron chi connectivity index (χ1n) is 15.5. The van der Waals surface area contributed by atoms with E-state index in [1.165, 1.54) is 16.3 Å². The lowest BCUT2D eigenvalue weighted by Crippen LogP contribution is -2.02. The van der Waals surface area contributed by atoms with Gasteiger partial charge in [0.1, 0.15) is 0 Å². The Balaban J connectivity index is 1.35. The largest absolute Gasteiger partial charge is 0.208 e. The van der Waals surface area contributed by atoms with Crippen molar-refractivity contribution in [3.8, 4) is 67.5 Å². The molecule has 0 fully saturated rings. The van der Waals surface area contributed by atoms with Gasteiger partial charge in [0.15, 0.2) is 17.5 Å². The maximum Gasteiger partial charge on any atom is 0.164 e. The molecule has 8 rings (SSSR count). The van der Waals surface area contributed by atoms with Crippen LogP contribution in [0, 0.1) is 0 Å². The van der Waals surface area contributed by atoms with Crippen molar-refractivity contribution in [1.82, 2.24) is 15.0 Å². The molecule has 46 heavy (non-hydrogen) atoms. The Bertz CT molecular complexity index is 2280. The lowest BCUT2D eigenvalue weighted by Gasteiger charge is -2.17. The summed E-state index contributed by atoms with van der Waals surface area (Å²) in [5.74, 6) is 1.91. The second-order valence-corrected chi connectivity index (χ2v) is 11.3. The Hall–Kier alpha value is -6.19. The Labute approximate surface area is 268 Å². The molecule has 0 saturated heterocycles. The number of benzene rings is 7. The molecule has 7 aromatic carbocycles. The first-order valence-corrected chi connectivity index (χ1v) is 15.5. The van der Waals surface area contributed by atoms with Gasteiger partial charge in [-0.3, -0.25) is 0 Å². The molecule has 0 N–H and O–H groups in total. The second-order valence-electron chi connectivity index (χ2n) is 11.3. The maximum absolute atomic E-state index is 5.16. The van der Waals surface area contributed by atoms with Crippen LogP contribution in [0.3, 0.4) is 0 Å². The Morgan fingerprint density at radius 3 is 1.39 bits per heavy atom. The summed E-state index contributed by atoms with van der Waals surface area (Å²) in [6.45, 7) is 0. The average molecular weight is 588 g/mol. The van der Waals surface area contributed by atoms with Gasteiger partial charge in [-0.25, -0.2) is 15.0 Å². The molecule has 216 valence electrons. The molecule has 0 bridgehead atoms. The van der Waals surface area contributed by atoms with Crippen LogP contribution in [-0.4, -0.2) is 15.0 Å². The van der Waals surface area contributed by atoms with Crippen molar-refractivity contribution in [2.45, 2.75) is 0 Å². The number of rotatable bonds is 6. The van der Waals surface area contributed by atoms with Gasteiger partial charge in [-0.05, 0) is 44.7 Å². The van der Waals surface area contributed by atoms with Crippen LogP contribution in [-0.2, 0) is 0 Å². The molecule has 1 heterocycles. The predicted molar refractivity (Wildman–Crippen MR) is 190 cm³/mol. The van der Waals surface area contributed by atoms with Crippen molar-refractivity contribution >= 4 is 10.8 Å². The van der Waals surface area contributed by atoms with Gasteiger partial charge in [0.05, 0.1) is 0 Å². The zero-order valence-electron chi connectivity index (χ0n) is 25.1. The number of fused-ring (bicyclic) bond motifs is 1. The Morgan fingerprint density at radius 2 is 0.717 bits per heavy atom. The van der Waals surface area contributed by atoms with E-state index in [1.54, 1.807) is 0 Å². The van der Waals surface area contributed by atoms with Crippen LogP contribution in [0.4, 0.5) is 0 Å². The third-order valence-electron chi connectivity index (χ3n) is 8.35. The molecule has 0 saturated carbocycles. The van der Waals surface area contributed by atoms with E-state index in [2.05, 4.69) is 140 Å². The van der Waals surface area contributed by atoms with E-state index in [9.17, 15) is 0 Å². The fourth-order valence-corrected chi connectivity index (χ4v) is 6.04. The minimum absolute atomic E-state index is 0.636. The zero-order valence-corrected chi connectivity index (χ0v) is 25.1. The van der Waals surface area contributed by atoms with Crippen LogP contribution < -0.4 is 0 Å². The summed E-state index contributed by atoms with van der Waals surface area (Å²) in [7, 11) is 0. The predicted octanol–water partition coefficient (Wildman–Crippen LogP) is 11.0. The molecule has 0 atom stereocenters. The molecule has 0 amide bonds. The van der Waals surface area contributed by atoms with Crippen molar-refractivity contribution in [3.63, 3.8) is 0 Å². The molecule has 0 spiro atoms. The highest BCUT2D eigenvalue weighted by molar-refractivity contribution is 5.97. The smallest absolute Gasteiger partial charge is 0.164 e. The number of hydrogen-bond acceptors (Lipinski definition) is 3. The van der Waals surface area contributed by atoms with E-state index in [4.69, 9.17) is 15.0 Å². The van der Waals surface area contributed by atoms with Crippen LogP contribution in [0.25, 0.3) is 78.3 Å². The Kier molecular flexibility index (Phi) is 7.18. The fraction of sp³-hybridized carbons (Fsp3) is 0. The minimum atomic E-state index is 0.636. The number of aromatic nitrogens is 3. The van der Waals surface area contributed by atoms with E-state index in [1.807, 2.05) is 36.4 Å². The molecular weight excluding hydrogens is 558 g/mol. The molecule has 0 radical (unpaired) electrons. The van der Waals surface area contributed by atoms with Crippen LogP contribution in [0.1, 0.15) is 0 Å². The number of hydrogen-bond donors (Lipinski definition) is 0. The molecule has 0 aliphatic rings. The van der Waals surface area contributed by atoms with Crippen molar-refractivity contribution in [2.75, 3.05) is 0 Å². The number of nitrogens with zero attached hydrogens (tertiary/aromatic N) is 3. The van der Waals surface area contributed by atoms with E-state index in [-0.39, 0.29) is 0 Å². The highest BCUT2D eigenvalue weighted by atomic mass is 15.0. The molecule has 1 aromatic heterocycles. The first-order chi connectivity index (χ1) is 22.8. The van der Waals surface area contributed by atoms with Gasteiger partial charge in [-0.15, -0.1) is 0 Å². The van der Waals surface area contributed by atoms with Crippen LogP contribution in [0.15, 0.2) is 176 Å². The fourth-order valence-electron chi connectivity index (χ4n) is 6.04. The van der Waals surface area contributed by atoms with Gasteiger partial charge in [-0.1, -0.05) is 170 Å².